The number of hydrogen-bond acceptors (Lipinski definition) is 8. The summed E-state index contributed by atoms with van der Waals surface area (Å²) in [6.45, 7) is 4.92. The number of piperidine rings is 1. The Morgan fingerprint density at radius 2 is 2.05 bits per heavy atom. The highest BCUT2D eigenvalue weighted by Crippen LogP contribution is 2.39. The van der Waals surface area contributed by atoms with Gasteiger partial charge in [0, 0.05) is 44.8 Å². The van der Waals surface area contributed by atoms with Gasteiger partial charge in [-0.05, 0) is 44.9 Å². The average molecular weight is 535 g/mol. The van der Waals surface area contributed by atoms with Crippen molar-refractivity contribution in [2.45, 2.75) is 82.5 Å². The number of amides is 2. The number of aliphatic carboxylic acids is 1. The minimum absolute atomic E-state index is 0.00409. The third-order valence-electron chi connectivity index (χ3n) is 7.25. The van der Waals surface area contributed by atoms with Gasteiger partial charge in [-0.15, -0.1) is 0 Å². The number of rotatable bonds is 10. The predicted molar refractivity (Wildman–Crippen MR) is 135 cm³/mol. The third-order valence-corrected chi connectivity index (χ3v) is 7.25. The van der Waals surface area contributed by atoms with Crippen LogP contribution in [0.4, 0.5) is 4.79 Å². The normalized spacial score (nSPS) is 27.6. The summed E-state index contributed by atoms with van der Waals surface area (Å²) in [5, 5.41) is 8.96. The number of nitrogens with zero attached hydrogens (tertiary/aromatic N) is 2. The summed E-state index contributed by atoms with van der Waals surface area (Å²) in [6.07, 6.45) is 6.05. The summed E-state index contributed by atoms with van der Waals surface area (Å²) in [7, 11) is 1.53. The molecular weight excluding hydrogens is 496 g/mol. The monoisotopic (exact) mass is 534 g/mol. The molecule has 0 bridgehead atoms. The van der Waals surface area contributed by atoms with Gasteiger partial charge >= 0.3 is 12.1 Å². The van der Waals surface area contributed by atoms with Crippen LogP contribution < -0.4 is 0 Å². The van der Waals surface area contributed by atoms with Gasteiger partial charge in [0.1, 0.15) is 18.5 Å². The minimum atomic E-state index is -0.911. The summed E-state index contributed by atoms with van der Waals surface area (Å²) >= 11 is 0. The molecule has 4 aliphatic rings. The van der Waals surface area contributed by atoms with Crippen LogP contribution in [0.15, 0.2) is 35.8 Å². The van der Waals surface area contributed by atoms with E-state index in [0.717, 1.165) is 25.7 Å². The Hall–Kier alpha value is -2.89. The van der Waals surface area contributed by atoms with Crippen molar-refractivity contribution in [3.63, 3.8) is 0 Å². The van der Waals surface area contributed by atoms with Gasteiger partial charge in [-0.1, -0.05) is 12.7 Å². The molecule has 3 heterocycles. The van der Waals surface area contributed by atoms with Crippen LogP contribution in [0.2, 0.25) is 0 Å². The molecule has 0 aromatic rings. The van der Waals surface area contributed by atoms with E-state index in [2.05, 4.69) is 6.58 Å². The lowest BCUT2D eigenvalue weighted by Crippen LogP contribution is -2.56. The lowest BCUT2D eigenvalue weighted by Gasteiger charge is -2.43. The van der Waals surface area contributed by atoms with Crippen molar-refractivity contribution >= 4 is 18.0 Å². The van der Waals surface area contributed by atoms with E-state index in [1.807, 2.05) is 4.90 Å². The van der Waals surface area contributed by atoms with Crippen molar-refractivity contribution in [3.8, 4) is 0 Å². The van der Waals surface area contributed by atoms with Crippen molar-refractivity contribution in [2.75, 3.05) is 33.5 Å². The number of methoxy groups -OCH3 is 1. The van der Waals surface area contributed by atoms with Crippen molar-refractivity contribution in [3.05, 3.63) is 35.8 Å². The molecule has 0 aromatic carbocycles. The highest BCUT2D eigenvalue weighted by atomic mass is 16.7. The fourth-order valence-electron chi connectivity index (χ4n) is 5.38. The van der Waals surface area contributed by atoms with Crippen molar-refractivity contribution < 1.29 is 43.2 Å². The molecule has 11 nitrogen and oxygen atoms in total. The molecule has 210 valence electrons. The molecule has 4 rings (SSSR count). The zero-order valence-corrected chi connectivity index (χ0v) is 22.0. The molecule has 2 saturated heterocycles. The van der Waals surface area contributed by atoms with Gasteiger partial charge < -0.3 is 33.7 Å². The first kappa shape index (κ1) is 28.1. The molecule has 2 fully saturated rings. The van der Waals surface area contributed by atoms with Gasteiger partial charge in [0.2, 0.25) is 0 Å². The van der Waals surface area contributed by atoms with Crippen LogP contribution in [0.5, 0.6) is 0 Å². The van der Waals surface area contributed by atoms with Crippen molar-refractivity contribution in [1.29, 1.82) is 0 Å². The van der Waals surface area contributed by atoms with E-state index in [4.69, 9.17) is 28.8 Å². The summed E-state index contributed by atoms with van der Waals surface area (Å²) in [6, 6.07) is -0.377. The van der Waals surface area contributed by atoms with E-state index in [1.54, 1.807) is 6.08 Å². The Labute approximate surface area is 223 Å². The smallest absolute Gasteiger partial charge is 0.416 e. The molecule has 3 unspecified atom stereocenters. The number of carboxylic acid groups (broad SMARTS) is 1. The van der Waals surface area contributed by atoms with Crippen molar-refractivity contribution in [2.24, 2.45) is 0 Å². The van der Waals surface area contributed by atoms with Crippen LogP contribution in [-0.2, 0) is 33.3 Å². The fourth-order valence-corrected chi connectivity index (χ4v) is 5.38. The maximum absolute atomic E-state index is 13.9. The first-order valence-corrected chi connectivity index (χ1v) is 13.4. The Morgan fingerprint density at radius 3 is 2.76 bits per heavy atom. The summed E-state index contributed by atoms with van der Waals surface area (Å²) < 4.78 is 29.4. The molecule has 0 radical (unpaired) electrons. The van der Waals surface area contributed by atoms with Gasteiger partial charge in [0.05, 0.1) is 18.3 Å². The predicted octanol–water partition coefficient (Wildman–Crippen LogP) is 3.31. The van der Waals surface area contributed by atoms with Crippen LogP contribution in [0, 0.1) is 0 Å². The molecule has 38 heavy (non-hydrogen) atoms. The molecule has 11 heteroatoms. The summed E-state index contributed by atoms with van der Waals surface area (Å²) in [4.78, 5) is 41.7. The lowest BCUT2D eigenvalue weighted by atomic mass is 9.96. The average Bonchev–Trinajstić information content (AvgIpc) is 3.02. The van der Waals surface area contributed by atoms with E-state index in [0.29, 0.717) is 49.4 Å². The Balaban J connectivity index is 1.74. The number of fused-ring (bicyclic) bond motifs is 1. The van der Waals surface area contributed by atoms with E-state index >= 15 is 0 Å². The van der Waals surface area contributed by atoms with Crippen LogP contribution in [0.25, 0.3) is 0 Å². The van der Waals surface area contributed by atoms with Crippen LogP contribution in [-0.4, -0.2) is 91.0 Å². The van der Waals surface area contributed by atoms with E-state index in [-0.39, 0.29) is 38.0 Å². The number of carbonyl (C=O) groups excluding carboxylic acids is 2. The zero-order chi connectivity index (χ0) is 27.1. The Bertz CT molecular complexity index is 956. The molecular formula is C27H38N2O9. The number of hydrogen-bond donors (Lipinski definition) is 1. The maximum Gasteiger partial charge on any atom is 0.416 e. The molecule has 4 atom stereocenters. The second-order valence-electron chi connectivity index (χ2n) is 9.80. The maximum atomic E-state index is 13.9. The Morgan fingerprint density at radius 1 is 1.24 bits per heavy atom. The first-order chi connectivity index (χ1) is 18.4. The number of allylic oxidation sites excluding steroid dienone is 1. The highest BCUT2D eigenvalue weighted by Gasteiger charge is 2.48. The quantitative estimate of drug-likeness (QED) is 0.332. The molecule has 0 saturated carbocycles. The van der Waals surface area contributed by atoms with Crippen molar-refractivity contribution in [1.82, 2.24) is 9.80 Å². The molecule has 0 spiro atoms. The van der Waals surface area contributed by atoms with Gasteiger partial charge in [0.25, 0.3) is 5.91 Å². The molecule has 1 N–H and O–H groups in total. The van der Waals surface area contributed by atoms with Gasteiger partial charge in [-0.3, -0.25) is 9.59 Å². The zero-order valence-electron chi connectivity index (χ0n) is 22.0. The minimum Gasteiger partial charge on any atom is -0.495 e. The molecule has 1 aliphatic carbocycles. The Kier molecular flexibility index (Phi) is 9.81. The van der Waals surface area contributed by atoms with Crippen LogP contribution in [0.1, 0.15) is 57.8 Å². The largest absolute Gasteiger partial charge is 0.495 e. The van der Waals surface area contributed by atoms with Crippen LogP contribution >= 0.6 is 0 Å². The summed E-state index contributed by atoms with van der Waals surface area (Å²) in [5.41, 5.74) is 0.772. The van der Waals surface area contributed by atoms with E-state index < -0.39 is 30.7 Å². The number of carbonyl (C=O) groups is 3. The second-order valence-corrected chi connectivity index (χ2v) is 9.80. The molecule has 0 aromatic heterocycles. The van der Waals surface area contributed by atoms with E-state index in [9.17, 15) is 14.4 Å². The summed E-state index contributed by atoms with van der Waals surface area (Å²) in [5.74, 6) is -0.657. The second kappa shape index (κ2) is 13.3. The first-order valence-electron chi connectivity index (χ1n) is 13.4. The third kappa shape index (κ3) is 6.39. The van der Waals surface area contributed by atoms with Gasteiger partial charge in [-0.2, -0.15) is 0 Å². The van der Waals surface area contributed by atoms with E-state index in [1.165, 1.54) is 18.1 Å². The lowest BCUT2D eigenvalue weighted by molar-refractivity contribution is -0.226. The fraction of sp³-hybridized carbons (Fsp3) is 0.667. The standard InChI is InChI=1S/C27H38N2O9/c1-3-13-37-27(33)29-20-17-22(35-15-8-10-23(30)31)21(34-2)16-18(20)25(32)28-12-6-4-9-19(28)26(29)38-24-11-5-7-14-36-24/h3,17,19,21,24,26H,1,4-16H2,2H3,(H,30,31)/t19-,21?,24?,26?/m0/s1. The highest BCUT2D eigenvalue weighted by molar-refractivity contribution is 5.97. The number of carboxylic acids is 1. The SMILES string of the molecule is C=CCOC(=O)N1C2=C(CC(OC)C(OCCCC(=O)O)=C2)C(=O)N2CCCC[C@H]2C1OC1CCCCO1. The van der Waals surface area contributed by atoms with Gasteiger partial charge in [-0.25, -0.2) is 9.69 Å². The topological polar surface area (TPSA) is 124 Å². The molecule has 2 amide bonds. The number of ether oxygens (including phenoxy) is 5. The van der Waals surface area contributed by atoms with Crippen LogP contribution in [0.3, 0.4) is 0 Å². The molecule has 3 aliphatic heterocycles. The van der Waals surface area contributed by atoms with Gasteiger partial charge in [0.15, 0.2) is 12.5 Å².